The van der Waals surface area contributed by atoms with Crippen molar-refractivity contribution in [2.75, 3.05) is 26.9 Å². The normalized spacial score (nSPS) is 12.8. The smallest absolute Gasteiger partial charge is 0.239 e. The maximum absolute atomic E-state index is 11.6. The molecule has 3 N–H and O–H groups in total. The van der Waals surface area contributed by atoms with E-state index in [0.717, 1.165) is 5.75 Å². The highest BCUT2D eigenvalue weighted by Crippen LogP contribution is 2.25. The third-order valence-corrected chi connectivity index (χ3v) is 3.05. The van der Waals surface area contributed by atoms with Crippen molar-refractivity contribution in [2.45, 2.75) is 32.2 Å². The van der Waals surface area contributed by atoms with Crippen molar-refractivity contribution in [2.24, 2.45) is 5.73 Å². The third kappa shape index (κ3) is 6.14. The fraction of sp³-hybridized carbons (Fsp3) is 0.562. The zero-order chi connectivity index (χ0) is 15.9. The molecule has 0 fully saturated rings. The molecule has 5 heteroatoms. The summed E-state index contributed by atoms with van der Waals surface area (Å²) in [4.78, 5) is 11.6. The SMILES string of the molecule is COCC(N)C(=O)NCCOc1cccc(C(C)(C)C)c1. The zero-order valence-corrected chi connectivity index (χ0v) is 13.3. The van der Waals surface area contributed by atoms with Gasteiger partial charge in [0, 0.05) is 7.11 Å². The van der Waals surface area contributed by atoms with Gasteiger partial charge >= 0.3 is 0 Å². The van der Waals surface area contributed by atoms with Crippen LogP contribution in [0.1, 0.15) is 26.3 Å². The van der Waals surface area contributed by atoms with E-state index in [1.807, 2.05) is 18.2 Å². The van der Waals surface area contributed by atoms with Gasteiger partial charge in [0.1, 0.15) is 18.4 Å². The Balaban J connectivity index is 2.38. The molecule has 0 bridgehead atoms. The molecule has 0 saturated carbocycles. The van der Waals surface area contributed by atoms with Crippen molar-refractivity contribution in [3.63, 3.8) is 0 Å². The number of rotatable bonds is 7. The van der Waals surface area contributed by atoms with Crippen LogP contribution in [0, 0.1) is 0 Å². The Labute approximate surface area is 126 Å². The Hall–Kier alpha value is -1.59. The maximum Gasteiger partial charge on any atom is 0.239 e. The number of benzene rings is 1. The molecular weight excluding hydrogens is 268 g/mol. The van der Waals surface area contributed by atoms with Crippen molar-refractivity contribution >= 4 is 5.91 Å². The van der Waals surface area contributed by atoms with Crippen LogP contribution in [0.5, 0.6) is 5.75 Å². The average Bonchev–Trinajstić information content (AvgIpc) is 2.43. The van der Waals surface area contributed by atoms with E-state index in [-0.39, 0.29) is 17.9 Å². The van der Waals surface area contributed by atoms with Crippen LogP contribution in [0.3, 0.4) is 0 Å². The summed E-state index contributed by atoms with van der Waals surface area (Å²) < 4.78 is 10.5. The predicted molar refractivity (Wildman–Crippen MR) is 83.5 cm³/mol. The first kappa shape index (κ1) is 17.5. The Bertz CT molecular complexity index is 455. The molecule has 21 heavy (non-hydrogen) atoms. The number of hydrogen-bond acceptors (Lipinski definition) is 4. The number of carbonyl (C=O) groups excluding carboxylic acids is 1. The molecule has 0 aliphatic rings. The summed E-state index contributed by atoms with van der Waals surface area (Å²) in [5.41, 5.74) is 6.91. The lowest BCUT2D eigenvalue weighted by Gasteiger charge is -2.19. The molecular formula is C16H26N2O3. The first-order valence-electron chi connectivity index (χ1n) is 7.10. The van der Waals surface area contributed by atoms with E-state index in [1.54, 1.807) is 0 Å². The van der Waals surface area contributed by atoms with Gasteiger partial charge in [-0.25, -0.2) is 0 Å². The quantitative estimate of drug-likeness (QED) is 0.747. The molecule has 1 amide bonds. The van der Waals surface area contributed by atoms with E-state index in [2.05, 4.69) is 32.2 Å². The van der Waals surface area contributed by atoms with Gasteiger partial charge in [0.2, 0.25) is 5.91 Å². The van der Waals surface area contributed by atoms with Crippen LogP contribution < -0.4 is 15.8 Å². The topological polar surface area (TPSA) is 73.6 Å². The van der Waals surface area contributed by atoms with Crippen molar-refractivity contribution in [3.05, 3.63) is 29.8 Å². The van der Waals surface area contributed by atoms with E-state index in [9.17, 15) is 4.79 Å². The standard InChI is InChI=1S/C16H26N2O3/c1-16(2,3)12-6-5-7-13(10-12)21-9-8-18-15(19)14(17)11-20-4/h5-7,10,14H,8-9,11,17H2,1-4H3,(H,18,19). The molecule has 118 valence electrons. The molecule has 5 nitrogen and oxygen atoms in total. The molecule has 0 aliphatic heterocycles. The van der Waals surface area contributed by atoms with Crippen LogP contribution in [-0.4, -0.2) is 38.8 Å². The lowest BCUT2D eigenvalue weighted by Crippen LogP contribution is -2.44. The highest BCUT2D eigenvalue weighted by Gasteiger charge is 2.14. The molecule has 1 aromatic carbocycles. The minimum Gasteiger partial charge on any atom is -0.492 e. The highest BCUT2D eigenvalue weighted by molar-refractivity contribution is 5.81. The first-order valence-corrected chi connectivity index (χ1v) is 7.10. The molecule has 0 heterocycles. The maximum atomic E-state index is 11.6. The summed E-state index contributed by atoms with van der Waals surface area (Å²) >= 11 is 0. The minimum atomic E-state index is -0.640. The molecule has 0 aliphatic carbocycles. The first-order chi connectivity index (χ1) is 9.84. The van der Waals surface area contributed by atoms with Gasteiger partial charge in [-0.3, -0.25) is 4.79 Å². The van der Waals surface area contributed by atoms with Gasteiger partial charge in [-0.1, -0.05) is 32.9 Å². The fourth-order valence-corrected chi connectivity index (χ4v) is 1.78. The number of ether oxygens (including phenoxy) is 2. The van der Waals surface area contributed by atoms with Crippen molar-refractivity contribution < 1.29 is 14.3 Å². The largest absolute Gasteiger partial charge is 0.492 e. The minimum absolute atomic E-state index is 0.0838. The van der Waals surface area contributed by atoms with Crippen LogP contribution in [0.4, 0.5) is 0 Å². The Morgan fingerprint density at radius 2 is 2.10 bits per heavy atom. The second-order valence-electron chi connectivity index (χ2n) is 5.98. The van der Waals surface area contributed by atoms with Gasteiger partial charge in [0.05, 0.1) is 13.2 Å². The Morgan fingerprint density at radius 3 is 2.71 bits per heavy atom. The average molecular weight is 294 g/mol. The van der Waals surface area contributed by atoms with Gasteiger partial charge in [-0.15, -0.1) is 0 Å². The molecule has 1 unspecified atom stereocenters. The number of hydrogen-bond donors (Lipinski definition) is 2. The monoisotopic (exact) mass is 294 g/mol. The summed E-state index contributed by atoms with van der Waals surface area (Å²) in [6.45, 7) is 7.49. The van der Waals surface area contributed by atoms with Gasteiger partial charge in [0.15, 0.2) is 0 Å². The van der Waals surface area contributed by atoms with Crippen LogP contribution >= 0.6 is 0 Å². The van der Waals surface area contributed by atoms with Gasteiger partial charge in [0.25, 0.3) is 0 Å². The number of nitrogens with two attached hydrogens (primary N) is 1. The number of amides is 1. The molecule has 1 atom stereocenters. The van der Waals surface area contributed by atoms with Crippen LogP contribution in [0.25, 0.3) is 0 Å². The molecule has 0 radical (unpaired) electrons. The Morgan fingerprint density at radius 1 is 1.38 bits per heavy atom. The summed E-state index contributed by atoms with van der Waals surface area (Å²) in [7, 11) is 1.51. The van der Waals surface area contributed by atoms with Crippen molar-refractivity contribution in [1.82, 2.24) is 5.32 Å². The second-order valence-corrected chi connectivity index (χ2v) is 5.98. The number of methoxy groups -OCH3 is 1. The summed E-state index contributed by atoms with van der Waals surface area (Å²) in [5, 5.41) is 2.71. The van der Waals surface area contributed by atoms with Crippen LogP contribution in [0.15, 0.2) is 24.3 Å². The molecule has 0 spiro atoms. The highest BCUT2D eigenvalue weighted by atomic mass is 16.5. The van der Waals surface area contributed by atoms with Crippen molar-refractivity contribution in [3.8, 4) is 5.75 Å². The fourth-order valence-electron chi connectivity index (χ4n) is 1.78. The number of nitrogens with one attached hydrogen (secondary N) is 1. The predicted octanol–water partition coefficient (Wildman–Crippen LogP) is 1.45. The molecule has 1 rings (SSSR count). The van der Waals surface area contributed by atoms with Gasteiger partial charge in [-0.05, 0) is 23.1 Å². The van der Waals surface area contributed by atoms with E-state index in [4.69, 9.17) is 15.2 Å². The molecule has 1 aromatic rings. The summed E-state index contributed by atoms with van der Waals surface area (Å²) in [6, 6.07) is 7.35. The lowest BCUT2D eigenvalue weighted by molar-refractivity contribution is -0.123. The Kier molecular flexibility index (Phi) is 6.65. The molecule has 0 aromatic heterocycles. The van der Waals surface area contributed by atoms with E-state index in [0.29, 0.717) is 13.2 Å². The summed E-state index contributed by atoms with van der Waals surface area (Å²) in [5.74, 6) is 0.571. The van der Waals surface area contributed by atoms with E-state index >= 15 is 0 Å². The van der Waals surface area contributed by atoms with E-state index in [1.165, 1.54) is 12.7 Å². The summed E-state index contributed by atoms with van der Waals surface area (Å²) in [6.07, 6.45) is 0. The van der Waals surface area contributed by atoms with Gasteiger partial charge in [-0.2, -0.15) is 0 Å². The van der Waals surface area contributed by atoms with Gasteiger partial charge < -0.3 is 20.5 Å². The van der Waals surface area contributed by atoms with E-state index < -0.39 is 6.04 Å². The second kappa shape index (κ2) is 8.00. The third-order valence-electron chi connectivity index (χ3n) is 3.05. The van der Waals surface area contributed by atoms with Crippen LogP contribution in [-0.2, 0) is 14.9 Å². The zero-order valence-electron chi connectivity index (χ0n) is 13.3. The van der Waals surface area contributed by atoms with Crippen LogP contribution in [0.2, 0.25) is 0 Å². The number of carbonyl (C=O) groups is 1. The molecule has 0 saturated heterocycles. The van der Waals surface area contributed by atoms with Crippen molar-refractivity contribution in [1.29, 1.82) is 0 Å². The lowest BCUT2D eigenvalue weighted by atomic mass is 9.87.